The van der Waals surface area contributed by atoms with Crippen LogP contribution in [-0.4, -0.2) is 11.5 Å². The first-order chi connectivity index (χ1) is 6.59. The van der Waals surface area contributed by atoms with Crippen LogP contribution >= 0.6 is 15.9 Å². The van der Waals surface area contributed by atoms with Crippen LogP contribution in [0.5, 0.6) is 0 Å². The summed E-state index contributed by atoms with van der Waals surface area (Å²) in [6, 6.07) is 2.90. The van der Waals surface area contributed by atoms with Gasteiger partial charge in [0.25, 0.3) is 0 Å². The molecule has 0 fully saturated rings. The van der Waals surface area contributed by atoms with Crippen molar-refractivity contribution >= 4 is 21.8 Å². The smallest absolute Gasteiger partial charge is 0.404 e. The fourth-order valence-corrected chi connectivity index (χ4v) is 1.08. The van der Waals surface area contributed by atoms with Gasteiger partial charge in [0.2, 0.25) is 0 Å². The van der Waals surface area contributed by atoms with Gasteiger partial charge in [-0.25, -0.2) is 0 Å². The lowest BCUT2D eigenvalue weighted by Crippen LogP contribution is -2.13. The number of nitrogens with one attached hydrogen (secondary N) is 1. The second-order valence-electron chi connectivity index (χ2n) is 2.62. The van der Waals surface area contributed by atoms with Crippen LogP contribution in [0.25, 0.3) is 0 Å². The van der Waals surface area contributed by atoms with Crippen molar-refractivity contribution in [1.82, 2.24) is 5.32 Å². The summed E-state index contributed by atoms with van der Waals surface area (Å²) in [4.78, 5) is 9.70. The third-order valence-electron chi connectivity index (χ3n) is 1.44. The lowest BCUT2D eigenvalue weighted by Gasteiger charge is -1.98. The van der Waals surface area contributed by atoms with Gasteiger partial charge in [0.15, 0.2) is 0 Å². The fourth-order valence-electron chi connectivity index (χ4n) is 0.881. The first-order valence-corrected chi connectivity index (χ1v) is 4.66. The van der Waals surface area contributed by atoms with E-state index in [4.69, 9.17) is 4.42 Å². The molecule has 0 amide bonds. The maximum Gasteiger partial charge on any atom is 0.433 e. The Morgan fingerprint density at radius 1 is 1.71 bits per heavy atom. The van der Waals surface area contributed by atoms with Crippen LogP contribution in [0.4, 0.5) is 5.88 Å². The molecular formula is C8H9BrN2O3. The van der Waals surface area contributed by atoms with Crippen molar-refractivity contribution in [2.45, 2.75) is 6.54 Å². The highest BCUT2D eigenvalue weighted by Crippen LogP contribution is 2.15. The van der Waals surface area contributed by atoms with Crippen LogP contribution < -0.4 is 5.32 Å². The highest BCUT2D eigenvalue weighted by molar-refractivity contribution is 9.11. The molecular weight excluding hydrogens is 252 g/mol. The number of furan rings is 1. The van der Waals surface area contributed by atoms with E-state index in [-0.39, 0.29) is 5.88 Å². The first kappa shape index (κ1) is 10.9. The van der Waals surface area contributed by atoms with Gasteiger partial charge in [0.1, 0.15) is 10.7 Å². The van der Waals surface area contributed by atoms with E-state index >= 15 is 0 Å². The van der Waals surface area contributed by atoms with E-state index in [9.17, 15) is 10.1 Å². The van der Waals surface area contributed by atoms with Gasteiger partial charge in [0.05, 0.1) is 12.6 Å². The van der Waals surface area contributed by atoms with Crippen molar-refractivity contribution in [3.63, 3.8) is 0 Å². The van der Waals surface area contributed by atoms with E-state index < -0.39 is 4.92 Å². The van der Waals surface area contributed by atoms with E-state index in [0.29, 0.717) is 18.8 Å². The standard InChI is InChI=1S/C8H9BrN2O3/c1-6(9)4-10-5-7-2-3-8(14-7)11(12)13/h2-3,10H,1,4-5H2. The minimum atomic E-state index is -0.563. The molecule has 1 N–H and O–H groups in total. The average molecular weight is 261 g/mol. The number of hydrogen-bond acceptors (Lipinski definition) is 4. The van der Waals surface area contributed by atoms with E-state index in [1.807, 2.05) is 0 Å². The summed E-state index contributed by atoms with van der Waals surface area (Å²) < 4.78 is 5.74. The zero-order chi connectivity index (χ0) is 10.6. The Labute approximate surface area is 89.1 Å². The molecule has 1 rings (SSSR count). The molecule has 1 heterocycles. The molecule has 5 nitrogen and oxygen atoms in total. The van der Waals surface area contributed by atoms with E-state index in [0.717, 1.165) is 4.48 Å². The second-order valence-corrected chi connectivity index (χ2v) is 3.74. The fraction of sp³-hybridized carbons (Fsp3) is 0.250. The van der Waals surface area contributed by atoms with Crippen molar-refractivity contribution in [3.8, 4) is 0 Å². The zero-order valence-corrected chi connectivity index (χ0v) is 8.91. The molecule has 1 aromatic heterocycles. The third-order valence-corrected chi connectivity index (χ3v) is 1.72. The molecule has 0 bridgehead atoms. The third kappa shape index (κ3) is 3.31. The number of halogens is 1. The van der Waals surface area contributed by atoms with Crippen LogP contribution in [0.1, 0.15) is 5.76 Å². The monoisotopic (exact) mass is 260 g/mol. The summed E-state index contributed by atoms with van der Waals surface area (Å²) >= 11 is 3.18. The van der Waals surface area contributed by atoms with Gasteiger partial charge in [-0.1, -0.05) is 22.5 Å². The molecule has 0 aromatic carbocycles. The highest BCUT2D eigenvalue weighted by atomic mass is 79.9. The largest absolute Gasteiger partial charge is 0.433 e. The second kappa shape index (κ2) is 4.92. The van der Waals surface area contributed by atoms with Crippen LogP contribution in [0, 0.1) is 10.1 Å². The molecule has 0 spiro atoms. The van der Waals surface area contributed by atoms with Crippen LogP contribution in [0.2, 0.25) is 0 Å². The van der Waals surface area contributed by atoms with E-state index in [1.54, 1.807) is 6.07 Å². The Bertz CT molecular complexity index is 348. The maximum atomic E-state index is 10.3. The summed E-state index contributed by atoms with van der Waals surface area (Å²) in [7, 11) is 0. The van der Waals surface area contributed by atoms with Crippen molar-refractivity contribution < 1.29 is 9.34 Å². The Morgan fingerprint density at radius 2 is 2.43 bits per heavy atom. The molecule has 0 aliphatic carbocycles. The van der Waals surface area contributed by atoms with Gasteiger partial charge < -0.3 is 9.73 Å². The van der Waals surface area contributed by atoms with Crippen LogP contribution in [0.15, 0.2) is 27.6 Å². The predicted molar refractivity (Wildman–Crippen MR) is 55.1 cm³/mol. The Balaban J connectivity index is 2.44. The Morgan fingerprint density at radius 3 is 2.93 bits per heavy atom. The van der Waals surface area contributed by atoms with E-state index in [2.05, 4.69) is 27.8 Å². The number of nitro groups is 1. The SMILES string of the molecule is C=C(Br)CNCc1ccc([N+](=O)[O-])o1. The number of hydrogen-bond donors (Lipinski definition) is 1. The molecule has 6 heteroatoms. The highest BCUT2D eigenvalue weighted by Gasteiger charge is 2.10. The summed E-state index contributed by atoms with van der Waals surface area (Å²) in [6.45, 7) is 4.67. The van der Waals surface area contributed by atoms with Crippen molar-refractivity contribution in [2.24, 2.45) is 0 Å². The minimum absolute atomic E-state index is 0.237. The molecule has 0 saturated carbocycles. The van der Waals surface area contributed by atoms with Crippen molar-refractivity contribution in [3.05, 3.63) is 39.1 Å². The molecule has 0 atom stereocenters. The molecule has 14 heavy (non-hydrogen) atoms. The molecule has 0 unspecified atom stereocenters. The summed E-state index contributed by atoms with van der Waals surface area (Å²) in [5.74, 6) is 0.296. The molecule has 0 aliphatic rings. The lowest BCUT2D eigenvalue weighted by atomic mass is 10.4. The minimum Gasteiger partial charge on any atom is -0.404 e. The topological polar surface area (TPSA) is 68.3 Å². The van der Waals surface area contributed by atoms with Gasteiger partial charge in [-0.3, -0.25) is 10.1 Å². The normalized spacial score (nSPS) is 10.1. The molecule has 0 radical (unpaired) electrons. The first-order valence-electron chi connectivity index (χ1n) is 3.86. The Hall–Kier alpha value is -1.14. The average Bonchev–Trinajstić information content (AvgIpc) is 2.52. The van der Waals surface area contributed by atoms with Crippen LogP contribution in [-0.2, 0) is 6.54 Å². The van der Waals surface area contributed by atoms with Gasteiger partial charge in [0, 0.05) is 11.0 Å². The predicted octanol–water partition coefficient (Wildman–Crippen LogP) is 2.19. The number of rotatable bonds is 5. The quantitative estimate of drug-likeness (QED) is 0.651. The van der Waals surface area contributed by atoms with Gasteiger partial charge in [-0.2, -0.15) is 0 Å². The molecule has 1 aromatic rings. The van der Waals surface area contributed by atoms with Gasteiger partial charge in [-0.15, -0.1) is 0 Å². The number of nitrogens with zero attached hydrogens (tertiary/aromatic N) is 1. The molecule has 76 valence electrons. The van der Waals surface area contributed by atoms with Gasteiger partial charge >= 0.3 is 5.88 Å². The maximum absolute atomic E-state index is 10.3. The molecule has 0 saturated heterocycles. The van der Waals surface area contributed by atoms with Crippen molar-refractivity contribution in [2.75, 3.05) is 6.54 Å². The lowest BCUT2D eigenvalue weighted by molar-refractivity contribution is -0.402. The van der Waals surface area contributed by atoms with E-state index in [1.165, 1.54) is 6.07 Å². The molecule has 0 aliphatic heterocycles. The van der Waals surface area contributed by atoms with Crippen LogP contribution in [0.3, 0.4) is 0 Å². The van der Waals surface area contributed by atoms with Crippen molar-refractivity contribution in [1.29, 1.82) is 0 Å². The summed E-state index contributed by atoms with van der Waals surface area (Å²) in [6.07, 6.45) is 0. The summed E-state index contributed by atoms with van der Waals surface area (Å²) in [5, 5.41) is 13.3. The van der Waals surface area contributed by atoms with Gasteiger partial charge in [-0.05, 0) is 6.07 Å². The zero-order valence-electron chi connectivity index (χ0n) is 7.33. The Kier molecular flexibility index (Phi) is 3.84. The summed E-state index contributed by atoms with van der Waals surface area (Å²) in [5.41, 5.74) is 0.